The van der Waals surface area contributed by atoms with Gasteiger partial charge < -0.3 is 14.4 Å². The molecule has 1 aromatic heterocycles. The fourth-order valence-corrected chi connectivity index (χ4v) is 1.56. The number of ether oxygens (including phenoxy) is 1. The van der Waals surface area contributed by atoms with Crippen molar-refractivity contribution in [3.63, 3.8) is 0 Å². The van der Waals surface area contributed by atoms with Gasteiger partial charge >= 0.3 is 0 Å². The van der Waals surface area contributed by atoms with Crippen LogP contribution in [0.15, 0.2) is 12.4 Å². The van der Waals surface area contributed by atoms with E-state index >= 15 is 0 Å². The predicted octanol–water partition coefficient (Wildman–Crippen LogP) is 1.54. The first-order valence-corrected chi connectivity index (χ1v) is 5.43. The molecule has 0 aliphatic rings. The molecule has 0 fully saturated rings. The molecule has 1 heterocycles. The third-order valence-electron chi connectivity index (χ3n) is 2.25. The quantitative estimate of drug-likeness (QED) is 0.778. The molecule has 1 aromatic rings. The summed E-state index contributed by atoms with van der Waals surface area (Å²) in [7, 11) is 0. The van der Waals surface area contributed by atoms with Gasteiger partial charge in [-0.3, -0.25) is 0 Å². The number of imidazole rings is 1. The number of hydrogen-bond acceptors (Lipinski definition) is 3. The molecule has 0 saturated carbocycles. The molecule has 1 atom stereocenters. The second-order valence-electron chi connectivity index (χ2n) is 3.86. The Morgan fingerprint density at radius 3 is 2.87 bits per heavy atom. The van der Waals surface area contributed by atoms with Crippen LogP contribution in [0.3, 0.4) is 0 Å². The molecule has 86 valence electrons. The molecule has 1 rings (SSSR count). The summed E-state index contributed by atoms with van der Waals surface area (Å²) >= 11 is 0. The van der Waals surface area contributed by atoms with Crippen LogP contribution >= 0.6 is 0 Å². The first kappa shape index (κ1) is 12.2. The van der Waals surface area contributed by atoms with Gasteiger partial charge in [0.2, 0.25) is 0 Å². The molecule has 0 aliphatic carbocycles. The van der Waals surface area contributed by atoms with Crippen molar-refractivity contribution in [2.24, 2.45) is 0 Å². The zero-order chi connectivity index (χ0) is 11.3. The van der Waals surface area contributed by atoms with Crippen molar-refractivity contribution in [3.8, 4) is 0 Å². The van der Waals surface area contributed by atoms with E-state index in [0.717, 1.165) is 13.0 Å². The van der Waals surface area contributed by atoms with Gasteiger partial charge in [-0.15, -0.1) is 0 Å². The van der Waals surface area contributed by atoms with E-state index in [0.29, 0.717) is 12.4 Å². The fraction of sp³-hybridized carbons (Fsp3) is 0.727. The first-order valence-electron chi connectivity index (χ1n) is 5.43. The Labute approximate surface area is 90.9 Å². The van der Waals surface area contributed by atoms with Crippen LogP contribution in [0, 0.1) is 0 Å². The van der Waals surface area contributed by atoms with Crippen molar-refractivity contribution in [3.05, 3.63) is 18.2 Å². The fourth-order valence-electron chi connectivity index (χ4n) is 1.56. The molecule has 4 heteroatoms. The van der Waals surface area contributed by atoms with E-state index in [1.807, 2.05) is 17.7 Å². The van der Waals surface area contributed by atoms with E-state index in [1.54, 1.807) is 13.1 Å². The van der Waals surface area contributed by atoms with Gasteiger partial charge in [0.05, 0.1) is 6.61 Å². The van der Waals surface area contributed by atoms with Gasteiger partial charge in [0.15, 0.2) is 0 Å². The van der Waals surface area contributed by atoms with Crippen LogP contribution in [0.1, 0.15) is 33.0 Å². The molecular weight excluding hydrogens is 192 g/mol. The Hall–Kier alpha value is -0.870. The number of nitrogens with zero attached hydrogens (tertiary/aromatic N) is 2. The molecule has 15 heavy (non-hydrogen) atoms. The molecular formula is C11H20N2O2. The Kier molecular flexibility index (Phi) is 4.29. The third-order valence-corrected chi connectivity index (χ3v) is 2.25. The zero-order valence-electron chi connectivity index (χ0n) is 9.73. The van der Waals surface area contributed by atoms with Gasteiger partial charge in [-0.25, -0.2) is 4.98 Å². The summed E-state index contributed by atoms with van der Waals surface area (Å²) in [5.74, 6) is 0.679. The summed E-state index contributed by atoms with van der Waals surface area (Å²) in [5, 5.41) is 10.2. The van der Waals surface area contributed by atoms with Crippen LogP contribution < -0.4 is 0 Å². The van der Waals surface area contributed by atoms with Gasteiger partial charge in [-0.1, -0.05) is 6.92 Å². The van der Waals surface area contributed by atoms with E-state index < -0.39 is 5.60 Å². The number of rotatable bonds is 6. The van der Waals surface area contributed by atoms with Crippen LogP contribution in [0.5, 0.6) is 0 Å². The maximum Gasteiger partial charge on any atom is 0.143 e. The second-order valence-corrected chi connectivity index (χ2v) is 3.86. The van der Waals surface area contributed by atoms with Crippen molar-refractivity contribution >= 4 is 0 Å². The van der Waals surface area contributed by atoms with Gasteiger partial charge in [0.25, 0.3) is 0 Å². The summed E-state index contributed by atoms with van der Waals surface area (Å²) in [4.78, 5) is 4.19. The smallest absolute Gasteiger partial charge is 0.143 e. The average molecular weight is 212 g/mol. The minimum atomic E-state index is -1.01. The number of aromatic nitrogens is 2. The molecule has 0 spiro atoms. The lowest BCUT2D eigenvalue weighted by Crippen LogP contribution is -2.31. The topological polar surface area (TPSA) is 47.3 Å². The van der Waals surface area contributed by atoms with Gasteiger partial charge in [-0.05, 0) is 20.3 Å². The van der Waals surface area contributed by atoms with Gasteiger partial charge in [0.1, 0.15) is 11.4 Å². The van der Waals surface area contributed by atoms with E-state index in [1.165, 1.54) is 0 Å². The third kappa shape index (κ3) is 3.04. The monoisotopic (exact) mass is 212 g/mol. The van der Waals surface area contributed by atoms with Crippen molar-refractivity contribution in [2.45, 2.75) is 39.3 Å². The van der Waals surface area contributed by atoms with Crippen molar-refractivity contribution < 1.29 is 9.84 Å². The Bertz CT molecular complexity index is 295. The molecule has 0 aromatic carbocycles. The Morgan fingerprint density at radius 1 is 1.53 bits per heavy atom. The Morgan fingerprint density at radius 2 is 2.27 bits per heavy atom. The van der Waals surface area contributed by atoms with Crippen LogP contribution in [0.25, 0.3) is 0 Å². The summed E-state index contributed by atoms with van der Waals surface area (Å²) in [5.41, 5.74) is -1.01. The van der Waals surface area contributed by atoms with E-state index in [4.69, 9.17) is 4.74 Å². The SMILES string of the molecule is CCCn1ccnc1C(C)(O)COCC. The molecule has 1 unspecified atom stereocenters. The summed E-state index contributed by atoms with van der Waals surface area (Å²) in [6, 6.07) is 0. The molecule has 4 nitrogen and oxygen atoms in total. The standard InChI is InChI=1S/C11H20N2O2/c1-4-7-13-8-6-12-10(13)11(3,14)9-15-5-2/h6,8,14H,4-5,7,9H2,1-3H3. The largest absolute Gasteiger partial charge is 0.380 e. The predicted molar refractivity (Wildman–Crippen MR) is 58.6 cm³/mol. The van der Waals surface area contributed by atoms with Crippen LogP contribution in [0.4, 0.5) is 0 Å². The molecule has 0 saturated heterocycles. The zero-order valence-corrected chi connectivity index (χ0v) is 9.73. The summed E-state index contributed by atoms with van der Waals surface area (Å²) < 4.78 is 7.22. The lowest BCUT2D eigenvalue weighted by molar-refractivity contribution is -0.0424. The van der Waals surface area contributed by atoms with E-state index in [-0.39, 0.29) is 6.61 Å². The highest BCUT2D eigenvalue weighted by molar-refractivity contribution is 5.03. The van der Waals surface area contributed by atoms with Crippen LogP contribution in [-0.4, -0.2) is 27.9 Å². The average Bonchev–Trinajstić information content (AvgIpc) is 2.64. The highest BCUT2D eigenvalue weighted by Crippen LogP contribution is 2.19. The van der Waals surface area contributed by atoms with Crippen molar-refractivity contribution in [2.75, 3.05) is 13.2 Å². The number of hydrogen-bond donors (Lipinski definition) is 1. The maximum atomic E-state index is 10.2. The van der Waals surface area contributed by atoms with Crippen molar-refractivity contribution in [1.29, 1.82) is 0 Å². The molecule has 1 N–H and O–H groups in total. The van der Waals surface area contributed by atoms with Gasteiger partial charge in [0, 0.05) is 25.5 Å². The minimum absolute atomic E-state index is 0.282. The van der Waals surface area contributed by atoms with E-state index in [9.17, 15) is 5.11 Å². The lowest BCUT2D eigenvalue weighted by Gasteiger charge is -2.23. The molecule has 0 bridgehead atoms. The van der Waals surface area contributed by atoms with E-state index in [2.05, 4.69) is 11.9 Å². The van der Waals surface area contributed by atoms with Gasteiger partial charge in [-0.2, -0.15) is 0 Å². The molecule has 0 aliphatic heterocycles. The first-order chi connectivity index (χ1) is 7.11. The van der Waals surface area contributed by atoms with Crippen molar-refractivity contribution in [1.82, 2.24) is 9.55 Å². The van der Waals surface area contributed by atoms with Crippen LogP contribution in [-0.2, 0) is 16.9 Å². The van der Waals surface area contributed by atoms with Crippen LogP contribution in [0.2, 0.25) is 0 Å². The highest BCUT2D eigenvalue weighted by Gasteiger charge is 2.28. The lowest BCUT2D eigenvalue weighted by atomic mass is 10.1. The highest BCUT2D eigenvalue weighted by atomic mass is 16.5. The molecule has 0 radical (unpaired) electrons. The molecule has 0 amide bonds. The maximum absolute atomic E-state index is 10.2. The Balaban J connectivity index is 2.78. The second kappa shape index (κ2) is 5.28. The minimum Gasteiger partial charge on any atom is -0.380 e. The summed E-state index contributed by atoms with van der Waals surface area (Å²) in [6.45, 7) is 7.50. The number of aryl methyl sites for hydroxylation is 1. The summed E-state index contributed by atoms with van der Waals surface area (Å²) in [6.07, 6.45) is 4.62. The normalized spacial score (nSPS) is 15.2. The number of aliphatic hydroxyl groups is 1.